The Kier molecular flexibility index (Phi) is 3.96. The van der Waals surface area contributed by atoms with E-state index in [-0.39, 0.29) is 11.9 Å². The van der Waals surface area contributed by atoms with Crippen LogP contribution in [0.2, 0.25) is 0 Å². The summed E-state index contributed by atoms with van der Waals surface area (Å²) in [7, 11) is 0. The normalized spacial score (nSPS) is 18.8. The number of likely N-dealkylation sites (tertiary alicyclic amines) is 1. The molecule has 1 amide bonds. The third-order valence-corrected chi connectivity index (χ3v) is 3.62. The smallest absolute Gasteiger partial charge is 0.241 e. The number of aromatic nitrogens is 2. The lowest BCUT2D eigenvalue weighted by molar-refractivity contribution is -0.120. The summed E-state index contributed by atoms with van der Waals surface area (Å²) >= 11 is 0. The van der Waals surface area contributed by atoms with Crippen molar-refractivity contribution in [3.05, 3.63) is 42.0 Å². The second-order valence-electron chi connectivity index (χ2n) is 5.22. The Morgan fingerprint density at radius 2 is 2.24 bits per heavy atom. The SMILES string of the molecule is Cc1noc(CN2CCCC2C(=O)Nc2ccccc2)n1. The van der Waals surface area contributed by atoms with E-state index in [1.54, 1.807) is 6.92 Å². The molecule has 1 aromatic heterocycles. The summed E-state index contributed by atoms with van der Waals surface area (Å²) in [6, 6.07) is 9.37. The van der Waals surface area contributed by atoms with Crippen LogP contribution in [0.4, 0.5) is 5.69 Å². The van der Waals surface area contributed by atoms with Gasteiger partial charge in [-0.2, -0.15) is 4.98 Å². The third-order valence-electron chi connectivity index (χ3n) is 3.62. The van der Waals surface area contributed by atoms with Crippen molar-refractivity contribution in [1.29, 1.82) is 0 Å². The van der Waals surface area contributed by atoms with Crippen molar-refractivity contribution >= 4 is 11.6 Å². The highest BCUT2D eigenvalue weighted by atomic mass is 16.5. The summed E-state index contributed by atoms with van der Waals surface area (Å²) in [6.45, 7) is 3.18. The molecule has 2 aromatic rings. The second-order valence-corrected chi connectivity index (χ2v) is 5.22. The van der Waals surface area contributed by atoms with Gasteiger partial charge < -0.3 is 9.84 Å². The minimum atomic E-state index is -0.141. The Morgan fingerprint density at radius 3 is 2.95 bits per heavy atom. The number of para-hydroxylation sites is 1. The Labute approximate surface area is 123 Å². The van der Waals surface area contributed by atoms with Crippen LogP contribution in [-0.2, 0) is 11.3 Å². The topological polar surface area (TPSA) is 71.3 Å². The van der Waals surface area contributed by atoms with Gasteiger partial charge in [-0.15, -0.1) is 0 Å². The molecule has 1 saturated heterocycles. The minimum absolute atomic E-state index is 0.0231. The molecule has 110 valence electrons. The maximum absolute atomic E-state index is 12.4. The van der Waals surface area contributed by atoms with Crippen LogP contribution in [0.25, 0.3) is 0 Å². The molecule has 1 aliphatic heterocycles. The molecule has 1 atom stereocenters. The van der Waals surface area contributed by atoms with Crippen molar-refractivity contribution in [2.75, 3.05) is 11.9 Å². The molecule has 6 heteroatoms. The lowest BCUT2D eigenvalue weighted by Gasteiger charge is -2.21. The Bertz CT molecular complexity index is 611. The predicted octanol–water partition coefficient (Wildman–Crippen LogP) is 1.98. The number of hydrogen-bond acceptors (Lipinski definition) is 5. The lowest BCUT2D eigenvalue weighted by Crippen LogP contribution is -2.39. The monoisotopic (exact) mass is 286 g/mol. The molecule has 0 spiro atoms. The Morgan fingerprint density at radius 1 is 1.43 bits per heavy atom. The summed E-state index contributed by atoms with van der Waals surface area (Å²) in [5, 5.41) is 6.74. The quantitative estimate of drug-likeness (QED) is 0.930. The molecule has 0 radical (unpaired) electrons. The predicted molar refractivity (Wildman–Crippen MR) is 77.5 cm³/mol. The van der Waals surface area contributed by atoms with Gasteiger partial charge in [0.1, 0.15) is 0 Å². The number of nitrogens with zero attached hydrogens (tertiary/aromatic N) is 3. The van der Waals surface area contributed by atoms with Gasteiger partial charge in [0.05, 0.1) is 12.6 Å². The molecule has 2 heterocycles. The van der Waals surface area contributed by atoms with Crippen molar-refractivity contribution in [1.82, 2.24) is 15.0 Å². The summed E-state index contributed by atoms with van der Waals surface area (Å²) in [6.07, 6.45) is 1.85. The molecular formula is C15H18N4O2. The number of benzene rings is 1. The van der Waals surface area contributed by atoms with Gasteiger partial charge in [-0.1, -0.05) is 23.4 Å². The molecule has 0 aliphatic carbocycles. The van der Waals surface area contributed by atoms with Gasteiger partial charge in [-0.05, 0) is 38.4 Å². The van der Waals surface area contributed by atoms with Gasteiger partial charge in [0.25, 0.3) is 0 Å². The molecule has 0 saturated carbocycles. The zero-order valence-electron chi connectivity index (χ0n) is 12.0. The van der Waals surface area contributed by atoms with Crippen molar-refractivity contribution in [3.63, 3.8) is 0 Å². The first kappa shape index (κ1) is 13.8. The maximum atomic E-state index is 12.4. The molecule has 3 rings (SSSR count). The fourth-order valence-electron chi connectivity index (χ4n) is 2.64. The maximum Gasteiger partial charge on any atom is 0.241 e. The molecule has 0 bridgehead atoms. The number of carbonyl (C=O) groups excluding carboxylic acids is 1. The fraction of sp³-hybridized carbons (Fsp3) is 0.400. The van der Waals surface area contributed by atoms with E-state index in [1.165, 1.54) is 0 Å². The summed E-state index contributed by atoms with van der Waals surface area (Å²) in [5.41, 5.74) is 0.822. The summed E-state index contributed by atoms with van der Waals surface area (Å²) in [5.74, 6) is 1.20. The third kappa shape index (κ3) is 3.28. The van der Waals surface area contributed by atoms with E-state index >= 15 is 0 Å². The van der Waals surface area contributed by atoms with E-state index in [2.05, 4.69) is 20.4 Å². The van der Waals surface area contributed by atoms with Crippen LogP contribution >= 0.6 is 0 Å². The van der Waals surface area contributed by atoms with Crippen molar-refractivity contribution in [3.8, 4) is 0 Å². The highest BCUT2D eigenvalue weighted by Gasteiger charge is 2.31. The average molecular weight is 286 g/mol. The molecule has 1 unspecified atom stereocenters. The molecular weight excluding hydrogens is 268 g/mol. The molecule has 1 fully saturated rings. The van der Waals surface area contributed by atoms with Gasteiger partial charge in [0.2, 0.25) is 11.8 Å². The highest BCUT2D eigenvalue weighted by molar-refractivity contribution is 5.94. The van der Waals surface area contributed by atoms with E-state index in [0.717, 1.165) is 25.1 Å². The van der Waals surface area contributed by atoms with Gasteiger partial charge in [0, 0.05) is 5.69 Å². The van der Waals surface area contributed by atoms with E-state index in [1.807, 2.05) is 30.3 Å². The molecule has 6 nitrogen and oxygen atoms in total. The van der Waals surface area contributed by atoms with Crippen LogP contribution in [0.3, 0.4) is 0 Å². The lowest BCUT2D eigenvalue weighted by atomic mass is 10.2. The number of rotatable bonds is 4. The van der Waals surface area contributed by atoms with Crippen LogP contribution in [0, 0.1) is 6.92 Å². The number of aryl methyl sites for hydroxylation is 1. The first-order valence-corrected chi connectivity index (χ1v) is 7.11. The van der Waals surface area contributed by atoms with Crippen LogP contribution in [-0.4, -0.2) is 33.5 Å². The number of anilines is 1. The summed E-state index contributed by atoms with van der Waals surface area (Å²) < 4.78 is 5.14. The minimum Gasteiger partial charge on any atom is -0.338 e. The van der Waals surface area contributed by atoms with Crippen molar-refractivity contribution < 1.29 is 9.32 Å². The van der Waals surface area contributed by atoms with E-state index in [9.17, 15) is 4.79 Å². The highest BCUT2D eigenvalue weighted by Crippen LogP contribution is 2.21. The Hall–Kier alpha value is -2.21. The van der Waals surface area contributed by atoms with Crippen LogP contribution in [0.1, 0.15) is 24.6 Å². The molecule has 1 N–H and O–H groups in total. The summed E-state index contributed by atoms with van der Waals surface area (Å²) in [4.78, 5) is 18.7. The van der Waals surface area contributed by atoms with Gasteiger partial charge >= 0.3 is 0 Å². The molecule has 1 aromatic carbocycles. The van der Waals surface area contributed by atoms with Gasteiger partial charge in [0.15, 0.2) is 5.82 Å². The number of carbonyl (C=O) groups is 1. The number of hydrogen-bond donors (Lipinski definition) is 1. The largest absolute Gasteiger partial charge is 0.338 e. The van der Waals surface area contributed by atoms with E-state index < -0.39 is 0 Å². The average Bonchev–Trinajstić information content (AvgIpc) is 3.10. The van der Waals surface area contributed by atoms with E-state index in [0.29, 0.717) is 18.3 Å². The number of nitrogens with one attached hydrogen (secondary N) is 1. The van der Waals surface area contributed by atoms with Crippen LogP contribution < -0.4 is 5.32 Å². The second kappa shape index (κ2) is 6.05. The Balaban J connectivity index is 1.64. The van der Waals surface area contributed by atoms with Crippen LogP contribution in [0.5, 0.6) is 0 Å². The van der Waals surface area contributed by atoms with Crippen LogP contribution in [0.15, 0.2) is 34.9 Å². The fourth-order valence-corrected chi connectivity index (χ4v) is 2.64. The first-order chi connectivity index (χ1) is 10.2. The van der Waals surface area contributed by atoms with E-state index in [4.69, 9.17) is 4.52 Å². The zero-order chi connectivity index (χ0) is 14.7. The molecule has 1 aliphatic rings. The zero-order valence-corrected chi connectivity index (χ0v) is 12.0. The standard InChI is InChI=1S/C15H18N4O2/c1-11-16-14(21-18-11)10-19-9-5-8-13(19)15(20)17-12-6-3-2-4-7-12/h2-4,6-7,13H,5,8-10H2,1H3,(H,17,20). The van der Waals surface area contributed by atoms with Gasteiger partial charge in [-0.25, -0.2) is 0 Å². The molecule has 21 heavy (non-hydrogen) atoms. The van der Waals surface area contributed by atoms with Gasteiger partial charge in [-0.3, -0.25) is 9.69 Å². The number of amides is 1. The first-order valence-electron chi connectivity index (χ1n) is 7.11. The van der Waals surface area contributed by atoms with Crippen molar-refractivity contribution in [2.45, 2.75) is 32.4 Å². The van der Waals surface area contributed by atoms with Crippen molar-refractivity contribution in [2.24, 2.45) is 0 Å².